The van der Waals surface area contributed by atoms with Crippen LogP contribution >= 0.6 is 0 Å². The van der Waals surface area contributed by atoms with Crippen LogP contribution in [0, 0.1) is 5.41 Å². The van der Waals surface area contributed by atoms with E-state index in [9.17, 15) is 18.0 Å². The smallest absolute Gasteiger partial charge is 0.383 e. The van der Waals surface area contributed by atoms with Crippen LogP contribution < -0.4 is 10.2 Å². The third-order valence-corrected chi connectivity index (χ3v) is 6.38. The first-order valence-corrected chi connectivity index (χ1v) is 11.4. The molecule has 188 valence electrons. The number of alkyl halides is 3. The van der Waals surface area contributed by atoms with E-state index in [1.807, 2.05) is 0 Å². The highest BCUT2D eigenvalue weighted by atomic mass is 19.4. The average molecular weight is 491 g/mol. The van der Waals surface area contributed by atoms with Crippen molar-refractivity contribution in [1.82, 2.24) is 20.0 Å². The number of likely N-dealkylation sites (N-methyl/N-ethyl adjacent to an activating group) is 1. The van der Waals surface area contributed by atoms with Crippen LogP contribution in [0.1, 0.15) is 25.5 Å². The molecule has 0 radical (unpaired) electrons. The largest absolute Gasteiger partial charge is 0.435 e. The fraction of sp³-hybridized carbons (Fsp3) is 0.458. The number of nitrogens with zero attached hydrogens (tertiary/aromatic N) is 4. The number of carbonyl (C=O) groups excluding carboxylic acids is 1. The lowest BCUT2D eigenvalue weighted by atomic mass is 10.0. The molecule has 2 aromatic rings. The molecule has 1 atom stereocenters. The molecule has 8 nitrogen and oxygen atoms in total. The first-order valence-electron chi connectivity index (χ1n) is 11.4. The zero-order valence-electron chi connectivity index (χ0n) is 19.9. The highest BCUT2D eigenvalue weighted by molar-refractivity contribution is 6.08. The SMILES string of the molecule is CC(=O)N1CCC(NC2CCOC2)=C(C(=N)N(C)c2ccc(-c3cn(C)nc3C(F)(F)F)cc2)C1. The summed E-state index contributed by atoms with van der Waals surface area (Å²) >= 11 is 0. The van der Waals surface area contributed by atoms with Crippen molar-refractivity contribution in [2.75, 3.05) is 38.3 Å². The summed E-state index contributed by atoms with van der Waals surface area (Å²) in [5, 5.41) is 16.0. The highest BCUT2D eigenvalue weighted by Crippen LogP contribution is 2.36. The summed E-state index contributed by atoms with van der Waals surface area (Å²) in [4.78, 5) is 15.4. The van der Waals surface area contributed by atoms with Gasteiger partial charge in [-0.3, -0.25) is 14.9 Å². The van der Waals surface area contributed by atoms with Gasteiger partial charge in [-0.2, -0.15) is 18.3 Å². The Kier molecular flexibility index (Phi) is 6.88. The molecule has 0 aliphatic carbocycles. The van der Waals surface area contributed by atoms with E-state index in [0.717, 1.165) is 22.4 Å². The van der Waals surface area contributed by atoms with Gasteiger partial charge in [0.2, 0.25) is 5.91 Å². The number of amides is 1. The number of halogens is 3. The number of anilines is 1. The molecule has 1 amide bonds. The third kappa shape index (κ3) is 5.34. The minimum Gasteiger partial charge on any atom is -0.383 e. The number of aryl methyl sites for hydroxylation is 1. The molecule has 2 N–H and O–H groups in total. The second kappa shape index (κ2) is 9.73. The number of ether oxygens (including phenoxy) is 1. The summed E-state index contributed by atoms with van der Waals surface area (Å²) in [5.41, 5.74) is 1.75. The predicted octanol–water partition coefficient (Wildman–Crippen LogP) is 3.40. The second-order valence-corrected chi connectivity index (χ2v) is 8.87. The van der Waals surface area contributed by atoms with Crippen LogP contribution in [0.2, 0.25) is 0 Å². The van der Waals surface area contributed by atoms with E-state index in [1.54, 1.807) is 41.1 Å². The minimum absolute atomic E-state index is 0.00152. The maximum Gasteiger partial charge on any atom is 0.435 e. The number of amidine groups is 1. The monoisotopic (exact) mass is 490 g/mol. The van der Waals surface area contributed by atoms with Gasteiger partial charge >= 0.3 is 6.18 Å². The van der Waals surface area contributed by atoms with Gasteiger partial charge in [0.15, 0.2) is 5.69 Å². The second-order valence-electron chi connectivity index (χ2n) is 8.87. The predicted molar refractivity (Wildman–Crippen MR) is 126 cm³/mol. The average Bonchev–Trinajstić information content (AvgIpc) is 3.48. The lowest BCUT2D eigenvalue weighted by Crippen LogP contribution is -2.44. The van der Waals surface area contributed by atoms with Gasteiger partial charge in [-0.1, -0.05) is 12.1 Å². The molecule has 1 unspecified atom stereocenters. The van der Waals surface area contributed by atoms with E-state index in [0.29, 0.717) is 44.0 Å². The molecular weight excluding hydrogens is 461 g/mol. The van der Waals surface area contributed by atoms with Crippen molar-refractivity contribution < 1.29 is 22.7 Å². The standard InChI is InChI=1S/C24H29F3N6O2/c1-15(34)33-10-8-21(29-17-9-11-35-14-17)20(13-33)23(28)32(3)18-6-4-16(5-7-18)19-12-31(2)30-22(19)24(25,26)27/h4-7,12,17,28-29H,8-11,13-14H2,1-3H3. The molecule has 2 aliphatic rings. The van der Waals surface area contributed by atoms with Gasteiger partial charge < -0.3 is 19.9 Å². The zero-order chi connectivity index (χ0) is 25.3. The first kappa shape index (κ1) is 24.8. The molecule has 0 saturated carbocycles. The molecule has 3 heterocycles. The van der Waals surface area contributed by atoms with Gasteiger partial charge in [-0.25, -0.2) is 0 Å². The molecule has 2 aliphatic heterocycles. The van der Waals surface area contributed by atoms with Crippen molar-refractivity contribution in [1.29, 1.82) is 5.41 Å². The Labute approximate surface area is 201 Å². The Hall–Kier alpha value is -3.34. The van der Waals surface area contributed by atoms with Crippen LogP contribution in [0.3, 0.4) is 0 Å². The van der Waals surface area contributed by atoms with E-state index < -0.39 is 11.9 Å². The lowest BCUT2D eigenvalue weighted by Gasteiger charge is -2.34. The van der Waals surface area contributed by atoms with Gasteiger partial charge in [0.25, 0.3) is 0 Å². The summed E-state index contributed by atoms with van der Waals surface area (Å²) in [6.07, 6.45) is -1.72. The van der Waals surface area contributed by atoms with Crippen molar-refractivity contribution in [2.45, 2.75) is 32.0 Å². The van der Waals surface area contributed by atoms with Gasteiger partial charge in [0.05, 0.1) is 19.2 Å². The van der Waals surface area contributed by atoms with Crippen LogP contribution in [-0.4, -0.2) is 65.8 Å². The molecule has 1 aromatic heterocycles. The summed E-state index contributed by atoms with van der Waals surface area (Å²) in [6, 6.07) is 6.72. The topological polar surface area (TPSA) is 86.5 Å². The Balaban J connectivity index is 1.59. The van der Waals surface area contributed by atoms with E-state index in [4.69, 9.17) is 10.1 Å². The Morgan fingerprint density at radius 1 is 1.29 bits per heavy atom. The first-order chi connectivity index (χ1) is 16.5. The molecule has 0 bridgehead atoms. The maximum absolute atomic E-state index is 13.4. The molecule has 11 heteroatoms. The van der Waals surface area contributed by atoms with E-state index in [2.05, 4.69) is 10.4 Å². The third-order valence-electron chi connectivity index (χ3n) is 6.38. The summed E-state index contributed by atoms with van der Waals surface area (Å²) in [5.74, 6) is 0.171. The molecule has 1 aromatic carbocycles. The van der Waals surface area contributed by atoms with Crippen LogP contribution in [0.4, 0.5) is 18.9 Å². The van der Waals surface area contributed by atoms with Crippen molar-refractivity contribution in [3.8, 4) is 11.1 Å². The van der Waals surface area contributed by atoms with Crippen molar-refractivity contribution in [3.05, 3.63) is 47.4 Å². The Morgan fingerprint density at radius 3 is 2.60 bits per heavy atom. The van der Waals surface area contributed by atoms with Gasteiger partial charge in [0, 0.05) is 69.3 Å². The lowest BCUT2D eigenvalue weighted by molar-refractivity contribution is -0.141. The van der Waals surface area contributed by atoms with E-state index in [1.165, 1.54) is 20.2 Å². The molecule has 0 spiro atoms. The van der Waals surface area contributed by atoms with Crippen molar-refractivity contribution >= 4 is 17.4 Å². The number of hydrogen-bond acceptors (Lipinski definition) is 5. The van der Waals surface area contributed by atoms with Crippen molar-refractivity contribution in [3.63, 3.8) is 0 Å². The number of hydrogen-bond donors (Lipinski definition) is 2. The summed E-state index contributed by atoms with van der Waals surface area (Å²) in [7, 11) is 3.19. The fourth-order valence-corrected chi connectivity index (χ4v) is 4.41. The van der Waals surface area contributed by atoms with Crippen LogP contribution in [-0.2, 0) is 22.8 Å². The van der Waals surface area contributed by atoms with Crippen LogP contribution in [0.25, 0.3) is 11.1 Å². The number of nitrogens with one attached hydrogen (secondary N) is 2. The van der Waals surface area contributed by atoms with E-state index in [-0.39, 0.29) is 23.3 Å². The van der Waals surface area contributed by atoms with E-state index >= 15 is 0 Å². The maximum atomic E-state index is 13.4. The zero-order valence-corrected chi connectivity index (χ0v) is 19.9. The van der Waals surface area contributed by atoms with Gasteiger partial charge in [-0.05, 0) is 24.1 Å². The summed E-state index contributed by atoms with van der Waals surface area (Å²) in [6.45, 7) is 3.70. The minimum atomic E-state index is -4.56. The normalized spacial score (nSPS) is 18.7. The van der Waals surface area contributed by atoms with Crippen LogP contribution in [0.5, 0.6) is 0 Å². The van der Waals surface area contributed by atoms with Crippen LogP contribution in [0.15, 0.2) is 41.7 Å². The molecule has 4 rings (SSSR count). The number of benzene rings is 1. The van der Waals surface area contributed by atoms with Gasteiger partial charge in [0.1, 0.15) is 5.84 Å². The molecular formula is C24H29F3N6O2. The Bertz CT molecular complexity index is 1130. The molecule has 1 fully saturated rings. The fourth-order valence-electron chi connectivity index (χ4n) is 4.41. The number of aromatic nitrogens is 2. The Morgan fingerprint density at radius 2 is 2.00 bits per heavy atom. The summed E-state index contributed by atoms with van der Waals surface area (Å²) < 4.78 is 46.7. The number of rotatable bonds is 5. The highest BCUT2D eigenvalue weighted by Gasteiger charge is 2.37. The van der Waals surface area contributed by atoms with Crippen molar-refractivity contribution in [2.24, 2.45) is 7.05 Å². The molecule has 35 heavy (non-hydrogen) atoms. The quantitative estimate of drug-likeness (QED) is 0.496. The molecule has 1 saturated heterocycles. The van der Waals surface area contributed by atoms with Gasteiger partial charge in [-0.15, -0.1) is 0 Å². The number of carbonyl (C=O) groups is 1.